The van der Waals surface area contributed by atoms with E-state index >= 15 is 0 Å². The Labute approximate surface area is 261 Å². The number of carbonyl (C=O) groups excluding carboxylic acids is 2. The molecule has 0 unspecified atom stereocenters. The van der Waals surface area contributed by atoms with Crippen molar-refractivity contribution >= 4 is 45.5 Å². The molecule has 44 heavy (non-hydrogen) atoms. The number of hydrogen-bond acceptors (Lipinski definition) is 6. The number of amides is 2. The lowest BCUT2D eigenvalue weighted by molar-refractivity contribution is -0.128. The molecule has 0 spiro atoms. The van der Waals surface area contributed by atoms with Gasteiger partial charge in [-0.2, -0.15) is 11.8 Å². The molecule has 0 fully saturated rings. The van der Waals surface area contributed by atoms with E-state index in [1.54, 1.807) is 11.8 Å². The van der Waals surface area contributed by atoms with Crippen LogP contribution in [0.2, 0.25) is 0 Å². The van der Waals surface area contributed by atoms with Crippen molar-refractivity contribution in [1.82, 2.24) is 10.6 Å². The number of nitrogens with one attached hydrogen (secondary N) is 2. The van der Waals surface area contributed by atoms with Crippen molar-refractivity contribution in [2.75, 3.05) is 5.75 Å². The lowest BCUT2D eigenvalue weighted by Gasteiger charge is -2.20. The molecule has 2 N–H and O–H groups in total. The minimum Gasteiger partial charge on any atom is -0.460 e. The molecule has 0 saturated heterocycles. The lowest BCUT2D eigenvalue weighted by atomic mass is 9.96. The highest BCUT2D eigenvalue weighted by molar-refractivity contribution is 7.98. The third-order valence-corrected chi connectivity index (χ3v) is 8.88. The molecule has 2 aromatic heterocycles. The third-order valence-electron chi connectivity index (χ3n) is 7.78. The first-order valence-corrected chi connectivity index (χ1v) is 16.0. The van der Waals surface area contributed by atoms with Crippen molar-refractivity contribution in [3.05, 3.63) is 105 Å². The minimum atomic E-state index is -0.690. The van der Waals surface area contributed by atoms with Gasteiger partial charge in [0.2, 0.25) is 11.8 Å². The lowest BCUT2D eigenvalue weighted by Crippen LogP contribution is -2.50. The average molecular weight is 611 g/mol. The van der Waals surface area contributed by atoms with Crippen LogP contribution >= 0.6 is 11.8 Å². The van der Waals surface area contributed by atoms with Crippen molar-refractivity contribution in [3.63, 3.8) is 0 Å². The van der Waals surface area contributed by atoms with E-state index in [-0.39, 0.29) is 30.7 Å². The molecule has 0 aliphatic carbocycles. The van der Waals surface area contributed by atoms with Crippen LogP contribution < -0.4 is 16.3 Å². The Hall–Kier alpha value is -4.30. The molecular weight excluding hydrogens is 572 g/mol. The van der Waals surface area contributed by atoms with Crippen molar-refractivity contribution in [2.24, 2.45) is 0 Å². The number of carbonyl (C=O) groups is 2. The Bertz CT molecular complexity index is 1860. The Morgan fingerprint density at radius 3 is 2.18 bits per heavy atom. The molecule has 0 aliphatic heterocycles. The number of thioether (sulfide) groups is 1. The largest absolute Gasteiger partial charge is 0.460 e. The van der Waals surface area contributed by atoms with Crippen LogP contribution in [0.4, 0.5) is 0 Å². The van der Waals surface area contributed by atoms with Gasteiger partial charge in [-0.25, -0.2) is 4.79 Å². The quantitative estimate of drug-likeness (QED) is 0.156. The fraction of sp³-hybridized carbons (Fsp3) is 0.306. The molecular formula is C36H38N2O5S. The molecule has 8 heteroatoms. The topological polar surface area (TPSA) is 102 Å². The molecule has 0 aliphatic rings. The zero-order chi connectivity index (χ0) is 31.4. The average Bonchev–Trinajstić information content (AvgIpc) is 3.34. The van der Waals surface area contributed by atoms with Crippen molar-refractivity contribution in [1.29, 1.82) is 0 Å². The normalized spacial score (nSPS) is 12.1. The molecule has 2 amide bonds. The molecule has 5 rings (SSSR count). The summed E-state index contributed by atoms with van der Waals surface area (Å²) in [4.78, 5) is 39.2. The van der Waals surface area contributed by atoms with Crippen LogP contribution in [0.1, 0.15) is 48.3 Å². The summed E-state index contributed by atoms with van der Waals surface area (Å²) in [6, 6.07) is 21.3. The highest BCUT2D eigenvalue weighted by Gasteiger charge is 2.24. The van der Waals surface area contributed by atoms with Gasteiger partial charge in [0.05, 0.1) is 0 Å². The molecule has 7 nitrogen and oxygen atoms in total. The van der Waals surface area contributed by atoms with Gasteiger partial charge in [-0.1, -0.05) is 60.7 Å². The van der Waals surface area contributed by atoms with Gasteiger partial charge < -0.3 is 19.5 Å². The second-order valence-electron chi connectivity index (χ2n) is 11.4. The van der Waals surface area contributed by atoms with E-state index in [9.17, 15) is 14.4 Å². The van der Waals surface area contributed by atoms with Gasteiger partial charge in [-0.3, -0.25) is 9.59 Å². The second-order valence-corrected chi connectivity index (χ2v) is 12.5. The van der Waals surface area contributed by atoms with Crippen LogP contribution in [0.25, 0.3) is 33.1 Å². The van der Waals surface area contributed by atoms with E-state index in [4.69, 9.17) is 8.83 Å². The summed E-state index contributed by atoms with van der Waals surface area (Å²) in [5.41, 5.74) is 5.92. The summed E-state index contributed by atoms with van der Waals surface area (Å²) in [5.74, 6) is 1.43. The molecule has 0 saturated carbocycles. The maximum absolute atomic E-state index is 13.2. The maximum Gasteiger partial charge on any atom is 0.339 e. The fourth-order valence-electron chi connectivity index (χ4n) is 5.57. The van der Waals surface area contributed by atoms with Gasteiger partial charge in [-0.15, -0.1) is 0 Å². The maximum atomic E-state index is 13.2. The molecule has 2 heterocycles. The van der Waals surface area contributed by atoms with Gasteiger partial charge in [0.1, 0.15) is 23.0 Å². The van der Waals surface area contributed by atoms with E-state index in [1.165, 1.54) is 0 Å². The molecule has 228 valence electrons. The van der Waals surface area contributed by atoms with Gasteiger partial charge >= 0.3 is 5.63 Å². The van der Waals surface area contributed by atoms with E-state index in [2.05, 4.69) is 10.6 Å². The van der Waals surface area contributed by atoms with Gasteiger partial charge in [0.15, 0.2) is 0 Å². The summed E-state index contributed by atoms with van der Waals surface area (Å²) in [6.45, 7) is 9.51. The number of rotatable bonds is 11. The third kappa shape index (κ3) is 6.76. The molecule has 0 radical (unpaired) electrons. The number of fused-ring (bicyclic) bond motifs is 2. The highest BCUT2D eigenvalue weighted by atomic mass is 32.2. The summed E-state index contributed by atoms with van der Waals surface area (Å²) in [6.07, 6.45) is 0.242. The first-order valence-electron chi connectivity index (χ1n) is 14.9. The smallest absolute Gasteiger partial charge is 0.339 e. The van der Waals surface area contributed by atoms with E-state index in [1.807, 2.05) is 101 Å². The fourth-order valence-corrected chi connectivity index (χ4v) is 6.59. The molecule has 0 bridgehead atoms. The summed E-state index contributed by atoms with van der Waals surface area (Å²) in [5, 5.41) is 7.57. The zero-order valence-electron chi connectivity index (χ0n) is 25.8. The van der Waals surface area contributed by atoms with E-state index in [0.29, 0.717) is 22.5 Å². The summed E-state index contributed by atoms with van der Waals surface area (Å²) < 4.78 is 12.0. The van der Waals surface area contributed by atoms with Crippen LogP contribution in [-0.4, -0.2) is 29.7 Å². The van der Waals surface area contributed by atoms with E-state index < -0.39 is 11.7 Å². The summed E-state index contributed by atoms with van der Waals surface area (Å²) >= 11 is 1.59. The monoisotopic (exact) mass is 610 g/mol. The zero-order valence-corrected chi connectivity index (χ0v) is 26.6. The Kier molecular flexibility index (Phi) is 9.59. The van der Waals surface area contributed by atoms with Crippen molar-refractivity contribution in [3.8, 4) is 11.1 Å². The molecule has 1 atom stereocenters. The van der Waals surface area contributed by atoms with Crippen molar-refractivity contribution in [2.45, 2.75) is 65.3 Å². The Morgan fingerprint density at radius 2 is 1.50 bits per heavy atom. The van der Waals surface area contributed by atoms with Crippen molar-refractivity contribution < 1.29 is 18.4 Å². The van der Waals surface area contributed by atoms with Gasteiger partial charge in [0.25, 0.3) is 0 Å². The predicted molar refractivity (Wildman–Crippen MR) is 178 cm³/mol. The van der Waals surface area contributed by atoms with E-state index in [0.717, 1.165) is 50.1 Å². The standard InChI is InChI=1S/C36H38N2O5S/c1-21(2)37-35(40)30(20-44-19-25-12-8-6-9-13-25)38-31(39)17-16-27-22(3)28-18-29-32(26-14-10-7-11-15-26)24(5)42-34(29)23(4)33(28)43-36(27)41/h6-15,18,21,30H,16-17,19-20H2,1-5H3,(H,37,40)(H,38,39)/t30-/m0/s1. The Morgan fingerprint density at radius 1 is 0.841 bits per heavy atom. The number of hydrogen-bond donors (Lipinski definition) is 2. The summed E-state index contributed by atoms with van der Waals surface area (Å²) in [7, 11) is 0. The Balaban J connectivity index is 1.37. The highest BCUT2D eigenvalue weighted by Crippen LogP contribution is 2.39. The molecule has 5 aromatic rings. The molecule has 3 aromatic carbocycles. The van der Waals surface area contributed by atoms with Crippen LogP contribution in [0.3, 0.4) is 0 Å². The minimum absolute atomic E-state index is 0.0488. The van der Waals surface area contributed by atoms with Gasteiger partial charge in [0, 0.05) is 51.4 Å². The predicted octanol–water partition coefficient (Wildman–Crippen LogP) is 7.01. The van der Waals surface area contributed by atoms with Crippen LogP contribution in [0, 0.1) is 20.8 Å². The first-order chi connectivity index (χ1) is 21.1. The number of furan rings is 1. The number of aryl methyl sites for hydroxylation is 3. The first kappa shape index (κ1) is 31.1. The van der Waals surface area contributed by atoms with Gasteiger partial charge in [-0.05, 0) is 63.8 Å². The van der Waals surface area contributed by atoms with Crippen LogP contribution in [0.15, 0.2) is 80.4 Å². The second kappa shape index (κ2) is 13.6. The van der Waals surface area contributed by atoms with Crippen LogP contribution in [-0.2, 0) is 21.8 Å². The number of benzene rings is 3. The SMILES string of the molecule is Cc1oc2c(C)c3oc(=O)c(CCC(=O)N[C@@H](CSCc4ccccc4)C(=O)NC(C)C)c(C)c3cc2c1-c1ccccc1. The van der Waals surface area contributed by atoms with Crippen LogP contribution in [0.5, 0.6) is 0 Å².